The second-order valence-electron chi connectivity index (χ2n) is 5.05. The zero-order valence-electron chi connectivity index (χ0n) is 12.6. The van der Waals surface area contributed by atoms with Crippen LogP contribution in [-0.2, 0) is 0 Å². The first kappa shape index (κ1) is 15.2. The topological polar surface area (TPSA) is 51.7 Å². The summed E-state index contributed by atoms with van der Waals surface area (Å²) in [5, 5.41) is 0. The molecule has 1 amide bonds. The van der Waals surface area contributed by atoms with Crippen LogP contribution in [0, 0.1) is 18.6 Å². The number of hydrogen-bond acceptors (Lipinski definition) is 4. The van der Waals surface area contributed by atoms with E-state index in [2.05, 4.69) is 4.98 Å². The third-order valence-corrected chi connectivity index (χ3v) is 3.50. The van der Waals surface area contributed by atoms with E-state index in [1.54, 1.807) is 13.0 Å². The minimum absolute atomic E-state index is 0.0836. The number of benzene rings is 1. The molecule has 0 unspecified atom stereocenters. The molecule has 0 fully saturated rings. The predicted molar refractivity (Wildman–Crippen MR) is 79.1 cm³/mol. The number of ether oxygens (including phenoxy) is 2. The summed E-state index contributed by atoms with van der Waals surface area (Å²) >= 11 is 0. The van der Waals surface area contributed by atoms with Gasteiger partial charge in [0.15, 0.2) is 17.4 Å². The molecular weight excluding hydrogens is 306 g/mol. The number of carbonyl (C=O) groups excluding carboxylic acids is 1. The third-order valence-electron chi connectivity index (χ3n) is 3.50. The number of hydrogen-bond donors (Lipinski definition) is 0. The lowest BCUT2D eigenvalue weighted by Gasteiger charge is -2.30. The summed E-state index contributed by atoms with van der Waals surface area (Å²) in [4.78, 5) is 18.0. The van der Waals surface area contributed by atoms with Gasteiger partial charge in [0, 0.05) is 17.3 Å². The van der Waals surface area contributed by atoms with Crippen LogP contribution in [0.15, 0.2) is 24.3 Å². The van der Waals surface area contributed by atoms with Crippen molar-refractivity contribution in [3.8, 4) is 11.6 Å². The fourth-order valence-electron chi connectivity index (χ4n) is 2.49. The number of halogens is 2. The Labute approximate surface area is 131 Å². The van der Waals surface area contributed by atoms with Gasteiger partial charge < -0.3 is 9.47 Å². The van der Waals surface area contributed by atoms with Crippen LogP contribution in [0.25, 0.3) is 0 Å². The van der Waals surface area contributed by atoms with Gasteiger partial charge in [-0.1, -0.05) is 0 Å². The molecule has 0 bridgehead atoms. The van der Waals surface area contributed by atoms with E-state index in [9.17, 15) is 13.6 Å². The van der Waals surface area contributed by atoms with E-state index in [0.29, 0.717) is 5.69 Å². The van der Waals surface area contributed by atoms with Crippen molar-refractivity contribution in [3.63, 3.8) is 0 Å². The summed E-state index contributed by atoms with van der Waals surface area (Å²) < 4.78 is 38.2. The minimum Gasteiger partial charge on any atom is -0.486 e. The highest BCUT2D eigenvalue weighted by molar-refractivity contribution is 6.07. The quantitative estimate of drug-likeness (QED) is 0.854. The number of rotatable bonds is 2. The van der Waals surface area contributed by atoms with Crippen molar-refractivity contribution in [2.75, 3.05) is 25.2 Å². The number of pyridine rings is 1. The van der Waals surface area contributed by atoms with Crippen LogP contribution in [0.2, 0.25) is 0 Å². The molecule has 0 atom stereocenters. The molecule has 2 aromatic rings. The van der Waals surface area contributed by atoms with Gasteiger partial charge in [0.25, 0.3) is 5.91 Å². The van der Waals surface area contributed by atoms with E-state index < -0.39 is 17.5 Å². The maximum Gasteiger partial charge on any atom is 0.258 e. The zero-order valence-corrected chi connectivity index (χ0v) is 12.6. The van der Waals surface area contributed by atoms with E-state index in [1.807, 2.05) is 0 Å². The average molecular weight is 320 g/mol. The minimum atomic E-state index is -0.716. The maximum absolute atomic E-state index is 14.1. The second kappa shape index (κ2) is 5.83. The number of aromatic nitrogens is 1. The van der Waals surface area contributed by atoms with Gasteiger partial charge in [-0.25, -0.2) is 13.8 Å². The Morgan fingerprint density at radius 1 is 1.30 bits per heavy atom. The Bertz CT molecular complexity index is 780. The summed E-state index contributed by atoms with van der Waals surface area (Å²) in [6, 6.07) is 4.97. The molecule has 0 saturated carbocycles. The first-order chi connectivity index (χ1) is 11.0. The molecule has 3 rings (SSSR count). The molecule has 2 heterocycles. The number of anilines is 1. The van der Waals surface area contributed by atoms with Crippen molar-refractivity contribution in [2.24, 2.45) is 0 Å². The number of nitrogens with zero attached hydrogens (tertiary/aromatic N) is 2. The molecule has 1 aromatic carbocycles. The fraction of sp³-hybridized carbons (Fsp3) is 0.250. The van der Waals surface area contributed by atoms with Crippen LogP contribution in [0.5, 0.6) is 11.6 Å². The second-order valence-corrected chi connectivity index (χ2v) is 5.05. The highest BCUT2D eigenvalue weighted by Gasteiger charge is 2.30. The molecule has 1 aliphatic heterocycles. The van der Waals surface area contributed by atoms with E-state index in [0.717, 1.165) is 12.1 Å². The third kappa shape index (κ3) is 2.69. The lowest BCUT2D eigenvalue weighted by atomic mass is 10.1. The molecule has 0 radical (unpaired) electrons. The van der Waals surface area contributed by atoms with Crippen LogP contribution < -0.4 is 14.4 Å². The van der Waals surface area contributed by atoms with Crippen molar-refractivity contribution >= 4 is 11.6 Å². The number of methoxy groups -OCH3 is 1. The zero-order chi connectivity index (χ0) is 16.6. The molecular formula is C16H14F2N2O3. The lowest BCUT2D eigenvalue weighted by Crippen LogP contribution is -2.39. The van der Waals surface area contributed by atoms with Gasteiger partial charge in [0.1, 0.15) is 12.3 Å². The molecule has 0 spiro atoms. The predicted octanol–water partition coefficient (Wildman–Crippen LogP) is 2.72. The van der Waals surface area contributed by atoms with Gasteiger partial charge in [-0.2, -0.15) is 0 Å². The number of carbonyl (C=O) groups is 1. The van der Waals surface area contributed by atoms with Crippen molar-refractivity contribution in [3.05, 3.63) is 47.2 Å². The fourth-order valence-corrected chi connectivity index (χ4v) is 2.49. The van der Waals surface area contributed by atoms with Crippen molar-refractivity contribution in [1.29, 1.82) is 0 Å². The van der Waals surface area contributed by atoms with E-state index in [4.69, 9.17) is 9.47 Å². The molecule has 120 valence electrons. The van der Waals surface area contributed by atoms with Crippen LogP contribution in [0.3, 0.4) is 0 Å². The smallest absolute Gasteiger partial charge is 0.258 e. The first-order valence-electron chi connectivity index (χ1n) is 6.96. The SMILES string of the molecule is COc1cc(C(=O)N2CCOc3c(F)ccc(F)c32)cc(C)n1. The monoisotopic (exact) mass is 320 g/mol. The van der Waals surface area contributed by atoms with Crippen LogP contribution in [0.1, 0.15) is 16.1 Å². The molecule has 1 aliphatic rings. The average Bonchev–Trinajstić information content (AvgIpc) is 2.56. The van der Waals surface area contributed by atoms with Gasteiger partial charge in [-0.3, -0.25) is 9.69 Å². The van der Waals surface area contributed by atoms with E-state index in [1.165, 1.54) is 18.1 Å². The Morgan fingerprint density at radius 2 is 2.04 bits per heavy atom. The Hall–Kier alpha value is -2.70. The Kier molecular flexibility index (Phi) is 3.85. The van der Waals surface area contributed by atoms with Gasteiger partial charge >= 0.3 is 0 Å². The summed E-state index contributed by atoms with van der Waals surface area (Å²) in [5.41, 5.74) is 0.682. The van der Waals surface area contributed by atoms with E-state index in [-0.39, 0.29) is 36.0 Å². The normalized spacial score (nSPS) is 13.3. The number of amides is 1. The van der Waals surface area contributed by atoms with E-state index >= 15 is 0 Å². The van der Waals surface area contributed by atoms with Crippen LogP contribution in [0.4, 0.5) is 14.5 Å². The highest BCUT2D eigenvalue weighted by Crippen LogP contribution is 2.37. The van der Waals surface area contributed by atoms with Gasteiger partial charge in [-0.15, -0.1) is 0 Å². The van der Waals surface area contributed by atoms with Gasteiger partial charge in [0.05, 0.1) is 13.7 Å². The molecule has 0 N–H and O–H groups in total. The van der Waals surface area contributed by atoms with Crippen LogP contribution in [-0.4, -0.2) is 31.2 Å². The summed E-state index contributed by atoms with van der Waals surface area (Å²) in [5.74, 6) is -1.86. The van der Waals surface area contributed by atoms with Gasteiger partial charge in [-0.05, 0) is 25.1 Å². The molecule has 7 heteroatoms. The first-order valence-corrected chi connectivity index (χ1v) is 6.96. The molecule has 23 heavy (non-hydrogen) atoms. The van der Waals surface area contributed by atoms with Crippen molar-refractivity contribution in [2.45, 2.75) is 6.92 Å². The largest absolute Gasteiger partial charge is 0.486 e. The summed E-state index contributed by atoms with van der Waals surface area (Å²) in [7, 11) is 1.44. The van der Waals surface area contributed by atoms with Crippen molar-refractivity contribution < 1.29 is 23.0 Å². The molecule has 0 aliphatic carbocycles. The summed E-state index contributed by atoms with van der Waals surface area (Å²) in [6.07, 6.45) is 0. The molecule has 5 nitrogen and oxygen atoms in total. The molecule has 1 aromatic heterocycles. The Morgan fingerprint density at radius 3 is 2.78 bits per heavy atom. The summed E-state index contributed by atoms with van der Waals surface area (Å²) in [6.45, 7) is 1.92. The maximum atomic E-state index is 14.1. The molecule has 0 saturated heterocycles. The lowest BCUT2D eigenvalue weighted by molar-refractivity contribution is 0.0974. The number of fused-ring (bicyclic) bond motifs is 1. The van der Waals surface area contributed by atoms with Crippen LogP contribution >= 0.6 is 0 Å². The highest BCUT2D eigenvalue weighted by atomic mass is 19.1. The standard InChI is InChI=1S/C16H14F2N2O3/c1-9-7-10(8-13(19-9)22-2)16(21)20-5-6-23-15-12(18)4-3-11(17)14(15)20/h3-4,7-8H,5-6H2,1-2H3. The van der Waals surface area contributed by atoms with Gasteiger partial charge in [0.2, 0.25) is 5.88 Å². The number of aryl methyl sites for hydroxylation is 1. The Balaban J connectivity index is 2.06. The van der Waals surface area contributed by atoms with Crippen molar-refractivity contribution in [1.82, 2.24) is 4.98 Å².